The van der Waals surface area contributed by atoms with Crippen LogP contribution in [0.15, 0.2) is 72.8 Å². The Balaban J connectivity index is 1.44. The number of benzene rings is 3. The van der Waals surface area contributed by atoms with E-state index >= 15 is 0 Å². The minimum atomic E-state index is -0.378. The minimum Gasteiger partial charge on any atom is -0.494 e. The first-order chi connectivity index (χ1) is 19.1. The molecule has 0 spiro atoms. The van der Waals surface area contributed by atoms with E-state index in [4.69, 9.17) is 14.2 Å². The van der Waals surface area contributed by atoms with Gasteiger partial charge in [-0.1, -0.05) is 102 Å². The number of unbranched alkanes of at least 4 members (excludes halogenated alkanes) is 8. The lowest BCUT2D eigenvalue weighted by Crippen LogP contribution is -2.08. The molecule has 0 amide bonds. The fourth-order valence-corrected chi connectivity index (χ4v) is 4.47. The lowest BCUT2D eigenvalue weighted by atomic mass is 10.0. The first kappa shape index (κ1) is 30.4. The third-order valence-electron chi connectivity index (χ3n) is 7.00. The molecule has 0 heterocycles. The van der Waals surface area contributed by atoms with E-state index in [2.05, 4.69) is 45.0 Å². The minimum absolute atomic E-state index is 0.0860. The first-order valence-electron chi connectivity index (χ1n) is 14.9. The van der Waals surface area contributed by atoms with Gasteiger partial charge in [-0.2, -0.15) is 0 Å². The van der Waals surface area contributed by atoms with Crippen molar-refractivity contribution < 1.29 is 19.0 Å². The molecule has 39 heavy (non-hydrogen) atoms. The lowest BCUT2D eigenvalue weighted by molar-refractivity contribution is 0.0627. The fraction of sp³-hybridized carbons (Fsp3) is 0.457. The highest BCUT2D eigenvalue weighted by Gasteiger charge is 2.10. The van der Waals surface area contributed by atoms with Gasteiger partial charge < -0.3 is 14.2 Å². The second-order valence-electron chi connectivity index (χ2n) is 10.3. The molecule has 3 aromatic rings. The summed E-state index contributed by atoms with van der Waals surface area (Å²) in [5.41, 5.74) is 3.87. The molecule has 4 nitrogen and oxygen atoms in total. The van der Waals surface area contributed by atoms with E-state index in [1.165, 1.54) is 56.9 Å². The Labute approximate surface area is 235 Å². The molecule has 0 N–H and O–H groups in total. The van der Waals surface area contributed by atoms with Crippen molar-refractivity contribution in [1.82, 2.24) is 0 Å². The smallest absolute Gasteiger partial charge is 0.343 e. The SMILES string of the molecule is CCCCCCCCOC(C)c1ccc(-c2ccc(OC(=O)c3ccc(OCCCCCC)cc3)cc2)cc1. The molecule has 0 saturated carbocycles. The van der Waals surface area contributed by atoms with Crippen LogP contribution in [0.25, 0.3) is 11.1 Å². The van der Waals surface area contributed by atoms with Gasteiger partial charge in [0.2, 0.25) is 0 Å². The highest BCUT2D eigenvalue weighted by molar-refractivity contribution is 5.91. The van der Waals surface area contributed by atoms with Crippen LogP contribution < -0.4 is 9.47 Å². The number of ether oxygens (including phenoxy) is 3. The van der Waals surface area contributed by atoms with Gasteiger partial charge in [0.1, 0.15) is 11.5 Å². The quantitative estimate of drug-likeness (QED) is 0.0932. The van der Waals surface area contributed by atoms with Crippen molar-refractivity contribution in [3.63, 3.8) is 0 Å². The molecule has 0 aliphatic rings. The first-order valence-corrected chi connectivity index (χ1v) is 14.9. The van der Waals surface area contributed by atoms with Crippen LogP contribution in [0.5, 0.6) is 11.5 Å². The largest absolute Gasteiger partial charge is 0.494 e. The monoisotopic (exact) mass is 530 g/mol. The molecule has 210 valence electrons. The molecule has 4 heteroatoms. The molecule has 0 bridgehead atoms. The summed E-state index contributed by atoms with van der Waals surface area (Å²) in [6, 6.07) is 23.3. The molecule has 0 fully saturated rings. The number of carbonyl (C=O) groups is 1. The number of rotatable bonds is 18. The number of hydrogen-bond donors (Lipinski definition) is 0. The Morgan fingerprint density at radius 2 is 1.13 bits per heavy atom. The van der Waals surface area contributed by atoms with E-state index in [1.54, 1.807) is 12.1 Å². The summed E-state index contributed by atoms with van der Waals surface area (Å²) in [7, 11) is 0. The average Bonchev–Trinajstić information content (AvgIpc) is 2.97. The standard InChI is InChI=1S/C35H46O4/c1-4-6-8-10-11-13-26-37-28(3)29-14-16-30(17-15-29)31-18-24-34(25-19-31)39-35(36)32-20-22-33(23-21-32)38-27-12-9-7-5-2/h14-25,28H,4-13,26-27H2,1-3H3. The Morgan fingerprint density at radius 1 is 0.615 bits per heavy atom. The topological polar surface area (TPSA) is 44.8 Å². The predicted octanol–water partition coefficient (Wildman–Crippen LogP) is 9.97. The van der Waals surface area contributed by atoms with Crippen molar-refractivity contribution in [2.75, 3.05) is 13.2 Å². The Kier molecular flexibility index (Phi) is 13.6. The predicted molar refractivity (Wildman–Crippen MR) is 161 cm³/mol. The maximum Gasteiger partial charge on any atom is 0.343 e. The average molecular weight is 531 g/mol. The van der Waals surface area contributed by atoms with E-state index in [1.807, 2.05) is 36.4 Å². The van der Waals surface area contributed by atoms with Crippen LogP contribution in [0.2, 0.25) is 0 Å². The summed E-state index contributed by atoms with van der Waals surface area (Å²) in [4.78, 5) is 12.6. The van der Waals surface area contributed by atoms with Crippen molar-refractivity contribution >= 4 is 5.97 Å². The van der Waals surface area contributed by atoms with Gasteiger partial charge in [0.15, 0.2) is 0 Å². The summed E-state index contributed by atoms with van der Waals surface area (Å²) in [5, 5.41) is 0. The van der Waals surface area contributed by atoms with Gasteiger partial charge >= 0.3 is 5.97 Å². The molecular weight excluding hydrogens is 484 g/mol. The maximum atomic E-state index is 12.6. The van der Waals surface area contributed by atoms with Gasteiger partial charge in [-0.05, 0) is 72.9 Å². The normalized spacial score (nSPS) is 11.8. The highest BCUT2D eigenvalue weighted by atomic mass is 16.5. The summed E-state index contributed by atoms with van der Waals surface area (Å²) >= 11 is 0. The summed E-state index contributed by atoms with van der Waals surface area (Å²) in [6.07, 6.45) is 12.4. The van der Waals surface area contributed by atoms with E-state index in [9.17, 15) is 4.79 Å². The Morgan fingerprint density at radius 3 is 1.77 bits per heavy atom. The van der Waals surface area contributed by atoms with Gasteiger partial charge in [-0.15, -0.1) is 0 Å². The molecule has 1 atom stereocenters. The van der Waals surface area contributed by atoms with Crippen LogP contribution in [-0.4, -0.2) is 19.2 Å². The molecule has 0 aromatic heterocycles. The van der Waals surface area contributed by atoms with E-state index < -0.39 is 0 Å². The van der Waals surface area contributed by atoms with E-state index in [0.717, 1.165) is 36.3 Å². The van der Waals surface area contributed by atoms with Crippen LogP contribution >= 0.6 is 0 Å². The van der Waals surface area contributed by atoms with Gasteiger partial charge in [-0.25, -0.2) is 4.79 Å². The van der Waals surface area contributed by atoms with Crippen molar-refractivity contribution in [1.29, 1.82) is 0 Å². The van der Waals surface area contributed by atoms with E-state index in [0.29, 0.717) is 17.9 Å². The molecule has 3 aromatic carbocycles. The summed E-state index contributed by atoms with van der Waals surface area (Å²) in [5.74, 6) is 0.919. The van der Waals surface area contributed by atoms with Crippen molar-refractivity contribution in [2.45, 2.75) is 91.1 Å². The second-order valence-corrected chi connectivity index (χ2v) is 10.3. The van der Waals surface area contributed by atoms with Crippen molar-refractivity contribution in [3.8, 4) is 22.6 Å². The summed E-state index contributed by atoms with van der Waals surface area (Å²) in [6.45, 7) is 8.07. The van der Waals surface area contributed by atoms with Crippen LogP contribution in [0, 0.1) is 0 Å². The molecule has 0 aliphatic heterocycles. The summed E-state index contributed by atoms with van der Waals surface area (Å²) < 4.78 is 17.4. The fourth-order valence-electron chi connectivity index (χ4n) is 4.47. The zero-order chi connectivity index (χ0) is 27.7. The maximum absolute atomic E-state index is 12.6. The third-order valence-corrected chi connectivity index (χ3v) is 7.00. The van der Waals surface area contributed by atoms with Gasteiger partial charge in [-0.3, -0.25) is 0 Å². The lowest BCUT2D eigenvalue weighted by Gasteiger charge is -2.14. The van der Waals surface area contributed by atoms with E-state index in [-0.39, 0.29) is 12.1 Å². The van der Waals surface area contributed by atoms with Gasteiger partial charge in [0.25, 0.3) is 0 Å². The van der Waals surface area contributed by atoms with Crippen LogP contribution in [0.3, 0.4) is 0 Å². The number of hydrogen-bond acceptors (Lipinski definition) is 4. The van der Waals surface area contributed by atoms with Crippen LogP contribution in [-0.2, 0) is 4.74 Å². The molecular formula is C35H46O4. The zero-order valence-corrected chi connectivity index (χ0v) is 24.1. The van der Waals surface area contributed by atoms with Crippen LogP contribution in [0.1, 0.15) is 107 Å². The molecule has 3 rings (SSSR count). The van der Waals surface area contributed by atoms with Crippen LogP contribution in [0.4, 0.5) is 0 Å². The molecule has 1 unspecified atom stereocenters. The van der Waals surface area contributed by atoms with Gasteiger partial charge in [0.05, 0.1) is 18.3 Å². The van der Waals surface area contributed by atoms with Gasteiger partial charge in [0, 0.05) is 6.61 Å². The zero-order valence-electron chi connectivity index (χ0n) is 24.1. The molecule has 0 aliphatic carbocycles. The highest BCUT2D eigenvalue weighted by Crippen LogP contribution is 2.26. The van der Waals surface area contributed by atoms with Crippen molar-refractivity contribution in [2.24, 2.45) is 0 Å². The van der Waals surface area contributed by atoms with Crippen molar-refractivity contribution in [3.05, 3.63) is 83.9 Å². The molecule has 0 saturated heterocycles. The number of carbonyl (C=O) groups excluding carboxylic acids is 1. The number of esters is 1. The third kappa shape index (κ3) is 10.9. The second kappa shape index (κ2) is 17.5. The Bertz CT molecular complexity index is 1070. The molecule has 0 radical (unpaired) electrons. The Hall–Kier alpha value is -3.11.